The zero-order valence-corrected chi connectivity index (χ0v) is 12.9. The highest BCUT2D eigenvalue weighted by molar-refractivity contribution is 9.10. The minimum Gasteiger partial charge on any atom is -0.496 e. The zero-order valence-electron chi connectivity index (χ0n) is 11.3. The molecular weight excluding hydrogens is 294 g/mol. The number of rotatable bonds is 4. The molecule has 1 aromatic rings. The van der Waals surface area contributed by atoms with E-state index in [1.54, 1.807) is 14.2 Å². The molecule has 3 nitrogen and oxygen atoms in total. The number of halogens is 1. The summed E-state index contributed by atoms with van der Waals surface area (Å²) >= 11 is 3.61. The van der Waals surface area contributed by atoms with Gasteiger partial charge in [-0.1, -0.05) is 0 Å². The fourth-order valence-corrected chi connectivity index (χ4v) is 3.16. The molecule has 1 atom stereocenters. The first-order valence-corrected chi connectivity index (χ1v) is 6.94. The zero-order chi connectivity index (χ0) is 13.5. The van der Waals surface area contributed by atoms with Crippen LogP contribution in [0, 0.1) is 6.92 Å². The molecule has 2 N–H and O–H groups in total. The van der Waals surface area contributed by atoms with E-state index in [4.69, 9.17) is 15.2 Å². The highest BCUT2D eigenvalue weighted by Crippen LogP contribution is 2.56. The van der Waals surface area contributed by atoms with E-state index in [0.29, 0.717) is 0 Å². The van der Waals surface area contributed by atoms with Gasteiger partial charge in [0.2, 0.25) is 0 Å². The molecule has 0 aliphatic heterocycles. The van der Waals surface area contributed by atoms with E-state index in [-0.39, 0.29) is 11.5 Å². The van der Waals surface area contributed by atoms with Gasteiger partial charge in [0.25, 0.3) is 0 Å². The molecule has 1 unspecified atom stereocenters. The number of nitrogens with two attached hydrogens (primary N) is 1. The second-order valence-corrected chi connectivity index (χ2v) is 5.84. The summed E-state index contributed by atoms with van der Waals surface area (Å²) in [5.74, 6) is 1.77. The van der Waals surface area contributed by atoms with Gasteiger partial charge in [-0.15, -0.1) is 0 Å². The number of benzene rings is 1. The Morgan fingerprint density at radius 2 is 1.94 bits per heavy atom. The quantitative estimate of drug-likeness (QED) is 0.928. The Hall–Kier alpha value is -0.740. The maximum absolute atomic E-state index is 6.16. The van der Waals surface area contributed by atoms with Crippen LogP contribution in [0.3, 0.4) is 0 Å². The van der Waals surface area contributed by atoms with Crippen molar-refractivity contribution in [1.82, 2.24) is 0 Å². The van der Waals surface area contributed by atoms with Crippen molar-refractivity contribution >= 4 is 15.9 Å². The standard InChI is InChI=1S/C14H20BrNO2/c1-8-11(17-3)7-10(13(18-4)12(8)15)14(5-6-14)9(2)16/h7,9H,5-6,16H2,1-4H3. The van der Waals surface area contributed by atoms with Crippen LogP contribution in [0.5, 0.6) is 11.5 Å². The molecule has 2 rings (SSSR count). The van der Waals surface area contributed by atoms with Gasteiger partial charge in [0.15, 0.2) is 0 Å². The first-order valence-electron chi connectivity index (χ1n) is 6.15. The average molecular weight is 314 g/mol. The predicted octanol–water partition coefficient (Wildman–Crippen LogP) is 3.15. The minimum absolute atomic E-state index is 0.0504. The van der Waals surface area contributed by atoms with Crippen LogP contribution < -0.4 is 15.2 Å². The Morgan fingerprint density at radius 1 is 1.33 bits per heavy atom. The molecule has 0 heterocycles. The molecule has 1 aliphatic carbocycles. The number of methoxy groups -OCH3 is 2. The van der Waals surface area contributed by atoms with E-state index in [9.17, 15) is 0 Å². The second kappa shape index (κ2) is 4.74. The molecule has 0 saturated heterocycles. The molecule has 0 aromatic heterocycles. The van der Waals surface area contributed by atoms with Crippen LogP contribution in [0.1, 0.15) is 30.9 Å². The molecule has 0 bridgehead atoms. The third-order valence-corrected chi connectivity index (χ3v) is 4.99. The Morgan fingerprint density at radius 3 is 2.33 bits per heavy atom. The number of hydrogen-bond donors (Lipinski definition) is 1. The summed E-state index contributed by atoms with van der Waals surface area (Å²) in [6.07, 6.45) is 2.22. The normalized spacial score (nSPS) is 18.3. The fraction of sp³-hybridized carbons (Fsp3) is 0.571. The maximum atomic E-state index is 6.16. The molecule has 0 spiro atoms. The van der Waals surface area contributed by atoms with Gasteiger partial charge in [-0.05, 0) is 48.7 Å². The molecule has 0 amide bonds. The van der Waals surface area contributed by atoms with Gasteiger partial charge in [-0.25, -0.2) is 0 Å². The van der Waals surface area contributed by atoms with E-state index >= 15 is 0 Å². The van der Waals surface area contributed by atoms with Crippen molar-refractivity contribution in [3.63, 3.8) is 0 Å². The largest absolute Gasteiger partial charge is 0.496 e. The topological polar surface area (TPSA) is 44.5 Å². The Bertz CT molecular complexity index is 467. The maximum Gasteiger partial charge on any atom is 0.137 e. The van der Waals surface area contributed by atoms with Crippen LogP contribution in [0.4, 0.5) is 0 Å². The van der Waals surface area contributed by atoms with E-state index in [1.807, 2.05) is 6.92 Å². The summed E-state index contributed by atoms with van der Waals surface area (Å²) in [7, 11) is 3.39. The number of ether oxygens (including phenoxy) is 2. The van der Waals surface area contributed by atoms with Crippen LogP contribution >= 0.6 is 15.9 Å². The molecule has 100 valence electrons. The van der Waals surface area contributed by atoms with Crippen LogP contribution in [0.15, 0.2) is 10.5 Å². The smallest absolute Gasteiger partial charge is 0.137 e. The predicted molar refractivity (Wildman–Crippen MR) is 76.5 cm³/mol. The van der Waals surface area contributed by atoms with Crippen molar-refractivity contribution in [2.24, 2.45) is 5.73 Å². The molecule has 1 aliphatic rings. The lowest BCUT2D eigenvalue weighted by Crippen LogP contribution is -2.32. The Balaban J connectivity index is 2.63. The van der Waals surface area contributed by atoms with E-state index in [0.717, 1.165) is 39.9 Å². The molecule has 4 heteroatoms. The van der Waals surface area contributed by atoms with Crippen molar-refractivity contribution in [2.75, 3.05) is 14.2 Å². The summed E-state index contributed by atoms with van der Waals surface area (Å²) in [6, 6.07) is 2.20. The van der Waals surface area contributed by atoms with E-state index < -0.39 is 0 Å². The van der Waals surface area contributed by atoms with Gasteiger partial charge < -0.3 is 15.2 Å². The minimum atomic E-state index is 0.0504. The lowest BCUT2D eigenvalue weighted by molar-refractivity contribution is 0.384. The number of hydrogen-bond acceptors (Lipinski definition) is 3. The highest BCUT2D eigenvalue weighted by Gasteiger charge is 2.49. The Labute approximate surface area is 117 Å². The molecule has 1 fully saturated rings. The lowest BCUT2D eigenvalue weighted by atomic mass is 9.88. The van der Waals surface area contributed by atoms with Gasteiger partial charge in [0, 0.05) is 22.6 Å². The van der Waals surface area contributed by atoms with Crippen LogP contribution in [-0.2, 0) is 5.41 Å². The van der Waals surface area contributed by atoms with Crippen LogP contribution in [0.25, 0.3) is 0 Å². The SMILES string of the molecule is COc1cc(C2(C(C)N)CC2)c(OC)c(Br)c1C. The van der Waals surface area contributed by atoms with Crippen LogP contribution in [0.2, 0.25) is 0 Å². The van der Waals surface area contributed by atoms with Gasteiger partial charge in [-0.3, -0.25) is 0 Å². The molecular formula is C14H20BrNO2. The fourth-order valence-electron chi connectivity index (χ4n) is 2.59. The molecule has 1 saturated carbocycles. The van der Waals surface area contributed by atoms with E-state index in [2.05, 4.69) is 28.9 Å². The molecule has 18 heavy (non-hydrogen) atoms. The third-order valence-electron chi connectivity index (χ3n) is 4.04. The Kier molecular flexibility index (Phi) is 3.60. The first-order chi connectivity index (χ1) is 8.47. The molecule has 1 aromatic carbocycles. The lowest BCUT2D eigenvalue weighted by Gasteiger charge is -2.25. The first kappa shape index (κ1) is 13.7. The second-order valence-electron chi connectivity index (χ2n) is 5.04. The van der Waals surface area contributed by atoms with Crippen molar-refractivity contribution < 1.29 is 9.47 Å². The third kappa shape index (κ3) is 1.91. The van der Waals surface area contributed by atoms with Crippen molar-refractivity contribution in [3.8, 4) is 11.5 Å². The summed E-state index contributed by atoms with van der Waals surface area (Å²) in [4.78, 5) is 0. The monoisotopic (exact) mass is 313 g/mol. The van der Waals surface area contributed by atoms with Gasteiger partial charge in [0.1, 0.15) is 11.5 Å². The average Bonchev–Trinajstić information content (AvgIpc) is 3.13. The summed E-state index contributed by atoms with van der Waals surface area (Å²) in [5, 5.41) is 0. The van der Waals surface area contributed by atoms with Gasteiger partial charge in [0.05, 0.1) is 18.7 Å². The van der Waals surface area contributed by atoms with Crippen molar-refractivity contribution in [2.45, 2.75) is 38.1 Å². The van der Waals surface area contributed by atoms with Crippen LogP contribution in [-0.4, -0.2) is 20.3 Å². The highest BCUT2D eigenvalue weighted by atomic mass is 79.9. The van der Waals surface area contributed by atoms with Gasteiger partial charge >= 0.3 is 0 Å². The van der Waals surface area contributed by atoms with Crippen molar-refractivity contribution in [1.29, 1.82) is 0 Å². The summed E-state index contributed by atoms with van der Waals surface area (Å²) in [5.41, 5.74) is 8.42. The summed E-state index contributed by atoms with van der Waals surface area (Å²) < 4.78 is 12.0. The van der Waals surface area contributed by atoms with Gasteiger partial charge in [-0.2, -0.15) is 0 Å². The van der Waals surface area contributed by atoms with Crippen molar-refractivity contribution in [3.05, 3.63) is 21.7 Å². The van der Waals surface area contributed by atoms with E-state index in [1.165, 1.54) is 0 Å². The molecule has 0 radical (unpaired) electrons. The summed E-state index contributed by atoms with van der Waals surface area (Å²) in [6.45, 7) is 4.08.